The van der Waals surface area contributed by atoms with Crippen molar-refractivity contribution in [3.8, 4) is 0 Å². The molecular weight excluding hydrogens is 236 g/mol. The van der Waals surface area contributed by atoms with Crippen molar-refractivity contribution in [1.82, 2.24) is 9.21 Å². The van der Waals surface area contributed by atoms with Gasteiger partial charge >= 0.3 is 0 Å². The molecule has 2 aliphatic heterocycles. The lowest BCUT2D eigenvalue weighted by molar-refractivity contribution is 0.168. The van der Waals surface area contributed by atoms with Crippen LogP contribution >= 0.6 is 23.3 Å². The third kappa shape index (κ3) is 1.72. The van der Waals surface area contributed by atoms with E-state index in [1.165, 1.54) is 37.4 Å². The van der Waals surface area contributed by atoms with E-state index in [2.05, 4.69) is 34.7 Å². The molecule has 4 heteroatoms. The van der Waals surface area contributed by atoms with E-state index in [0.717, 1.165) is 0 Å². The molecule has 0 radical (unpaired) electrons. The van der Waals surface area contributed by atoms with E-state index in [4.69, 9.17) is 0 Å². The van der Waals surface area contributed by atoms with Crippen LogP contribution in [0.2, 0.25) is 0 Å². The molecule has 1 fully saturated rings. The zero-order valence-electron chi connectivity index (χ0n) is 9.90. The average molecular weight is 254 g/mol. The van der Waals surface area contributed by atoms with Gasteiger partial charge in [-0.2, -0.15) is 0 Å². The highest BCUT2D eigenvalue weighted by Crippen LogP contribution is 2.48. The molecule has 0 aliphatic carbocycles. The highest BCUT2D eigenvalue weighted by Gasteiger charge is 2.42. The molecule has 3 heterocycles. The number of rotatable bonds is 0. The summed E-state index contributed by atoms with van der Waals surface area (Å²) in [5.41, 5.74) is 0.454. The highest BCUT2D eigenvalue weighted by atomic mass is 32.2. The topological polar surface area (TPSA) is 6.48 Å². The van der Waals surface area contributed by atoms with Crippen LogP contribution in [0, 0.1) is 0 Å². The van der Waals surface area contributed by atoms with Crippen LogP contribution < -0.4 is 0 Å². The van der Waals surface area contributed by atoms with Gasteiger partial charge in [0, 0.05) is 21.7 Å². The Kier molecular flexibility index (Phi) is 2.78. The molecule has 2 aliphatic rings. The fraction of sp³-hybridized carbons (Fsp3) is 0.667. The quantitative estimate of drug-likeness (QED) is 0.657. The maximum absolute atomic E-state index is 2.46. The van der Waals surface area contributed by atoms with Gasteiger partial charge in [-0.05, 0) is 63.4 Å². The molecule has 3 rings (SSSR count). The lowest BCUT2D eigenvalue weighted by Crippen LogP contribution is -2.47. The largest absolute Gasteiger partial charge is 0.306 e. The number of likely N-dealkylation sites (tertiary alicyclic amines) is 1. The van der Waals surface area contributed by atoms with Crippen LogP contribution in [0.4, 0.5) is 0 Å². The van der Waals surface area contributed by atoms with Gasteiger partial charge in [0.2, 0.25) is 0 Å². The summed E-state index contributed by atoms with van der Waals surface area (Å²) in [7, 11) is 4.47. The number of fused-ring (bicyclic) bond motifs is 2. The second kappa shape index (κ2) is 4.02. The maximum Gasteiger partial charge on any atom is 0.0375 e. The Balaban J connectivity index is 1.96. The predicted molar refractivity (Wildman–Crippen MR) is 71.2 cm³/mol. The Labute approximate surface area is 106 Å². The van der Waals surface area contributed by atoms with E-state index in [0.29, 0.717) is 5.41 Å². The molecule has 0 atom stereocenters. The van der Waals surface area contributed by atoms with Crippen molar-refractivity contribution in [1.29, 1.82) is 0 Å². The Morgan fingerprint density at radius 3 is 2.75 bits per heavy atom. The number of likely N-dealkylation sites (N-methyl/N-ethyl adjacent to an activating group) is 1. The predicted octanol–water partition coefficient (Wildman–Crippen LogP) is 2.66. The first-order valence-electron chi connectivity index (χ1n) is 5.85. The minimum absolute atomic E-state index is 0.454. The minimum Gasteiger partial charge on any atom is -0.306 e. The van der Waals surface area contributed by atoms with Gasteiger partial charge in [0.25, 0.3) is 0 Å². The molecule has 0 unspecified atom stereocenters. The van der Waals surface area contributed by atoms with Crippen LogP contribution in [-0.4, -0.2) is 42.9 Å². The molecule has 2 nitrogen and oxygen atoms in total. The summed E-state index contributed by atoms with van der Waals surface area (Å²) in [6.07, 6.45) is 2.64. The maximum atomic E-state index is 2.46. The molecule has 0 bridgehead atoms. The van der Waals surface area contributed by atoms with Crippen LogP contribution in [0.5, 0.6) is 0 Å². The Morgan fingerprint density at radius 2 is 2.00 bits per heavy atom. The van der Waals surface area contributed by atoms with Crippen molar-refractivity contribution in [3.63, 3.8) is 0 Å². The minimum atomic E-state index is 0.454. The fourth-order valence-electron chi connectivity index (χ4n) is 2.89. The second-order valence-corrected chi connectivity index (χ2v) is 7.24. The van der Waals surface area contributed by atoms with E-state index in [1.807, 2.05) is 23.3 Å². The van der Waals surface area contributed by atoms with Crippen molar-refractivity contribution in [3.05, 3.63) is 16.3 Å². The van der Waals surface area contributed by atoms with Gasteiger partial charge < -0.3 is 4.90 Å². The molecule has 1 spiro atoms. The Bertz CT molecular complexity index is 380. The number of nitrogens with zero attached hydrogens (tertiary/aromatic N) is 2. The molecule has 0 saturated carbocycles. The summed E-state index contributed by atoms with van der Waals surface area (Å²) < 4.78 is 2.42. The van der Waals surface area contributed by atoms with Gasteiger partial charge in [-0.15, -0.1) is 11.3 Å². The van der Waals surface area contributed by atoms with Crippen LogP contribution in [0.25, 0.3) is 0 Å². The molecule has 16 heavy (non-hydrogen) atoms. The van der Waals surface area contributed by atoms with Crippen LogP contribution in [0.1, 0.15) is 17.7 Å². The van der Waals surface area contributed by atoms with E-state index >= 15 is 0 Å². The summed E-state index contributed by atoms with van der Waals surface area (Å²) in [5.74, 6) is 0. The number of piperidine rings is 1. The number of hydrogen-bond acceptors (Lipinski definition) is 4. The summed E-state index contributed by atoms with van der Waals surface area (Å²) in [6, 6.07) is 2.29. The summed E-state index contributed by atoms with van der Waals surface area (Å²) in [6.45, 7) is 3.71. The molecule has 0 aromatic carbocycles. The molecular formula is C12H18N2S2. The fourth-order valence-corrected chi connectivity index (χ4v) is 5.35. The summed E-state index contributed by atoms with van der Waals surface area (Å²) >= 11 is 3.89. The van der Waals surface area contributed by atoms with Gasteiger partial charge in [-0.25, -0.2) is 4.31 Å². The number of thiophene rings is 1. The highest BCUT2D eigenvalue weighted by molar-refractivity contribution is 7.97. The molecule has 88 valence electrons. The van der Waals surface area contributed by atoms with Crippen LogP contribution in [-0.2, 0) is 5.41 Å². The van der Waals surface area contributed by atoms with E-state index in [9.17, 15) is 0 Å². The van der Waals surface area contributed by atoms with Crippen molar-refractivity contribution in [2.75, 3.05) is 33.7 Å². The number of hydrogen-bond donors (Lipinski definition) is 0. The van der Waals surface area contributed by atoms with Crippen molar-refractivity contribution in [2.45, 2.75) is 23.2 Å². The van der Waals surface area contributed by atoms with E-state index in [-0.39, 0.29) is 0 Å². The smallest absolute Gasteiger partial charge is 0.0375 e. The molecule has 1 aromatic rings. The van der Waals surface area contributed by atoms with Gasteiger partial charge in [-0.3, -0.25) is 0 Å². The zero-order chi connectivity index (χ0) is 11.2. The molecule has 0 amide bonds. The lowest BCUT2D eigenvalue weighted by Gasteiger charge is -2.45. The van der Waals surface area contributed by atoms with E-state index in [1.54, 1.807) is 4.88 Å². The Hall–Kier alpha value is -0.0300. The van der Waals surface area contributed by atoms with E-state index < -0.39 is 0 Å². The standard InChI is InChI=1S/C12H18N2S2/c1-13-6-4-12(5-7-13)9-14(2)16-10-3-8-15-11(10)12/h3,8H,4-7,9H2,1-2H3. The Morgan fingerprint density at radius 1 is 1.25 bits per heavy atom. The van der Waals surface area contributed by atoms with Gasteiger partial charge in [-0.1, -0.05) is 0 Å². The van der Waals surface area contributed by atoms with Gasteiger partial charge in [0.1, 0.15) is 0 Å². The molecule has 1 aromatic heterocycles. The molecule has 1 saturated heterocycles. The SMILES string of the molecule is CN1CCC2(CC1)CN(C)Sc1ccsc12. The third-order valence-corrected chi connectivity index (χ3v) is 6.10. The van der Waals surface area contributed by atoms with Crippen LogP contribution in [0.3, 0.4) is 0 Å². The normalized spacial score (nSPS) is 25.9. The van der Waals surface area contributed by atoms with Crippen LogP contribution in [0.15, 0.2) is 16.3 Å². The van der Waals surface area contributed by atoms with Crippen molar-refractivity contribution < 1.29 is 0 Å². The van der Waals surface area contributed by atoms with Gasteiger partial charge in [0.05, 0.1) is 0 Å². The lowest BCUT2D eigenvalue weighted by atomic mass is 9.77. The monoisotopic (exact) mass is 254 g/mol. The summed E-state index contributed by atoms with van der Waals surface area (Å²) in [5, 5.41) is 2.26. The van der Waals surface area contributed by atoms with Crippen molar-refractivity contribution in [2.24, 2.45) is 0 Å². The molecule has 0 N–H and O–H groups in total. The first-order valence-corrected chi connectivity index (χ1v) is 7.51. The van der Waals surface area contributed by atoms with Crippen molar-refractivity contribution >= 4 is 23.3 Å². The zero-order valence-corrected chi connectivity index (χ0v) is 11.5. The first kappa shape index (κ1) is 11.1. The average Bonchev–Trinajstić information content (AvgIpc) is 2.71. The first-order chi connectivity index (χ1) is 7.70. The summed E-state index contributed by atoms with van der Waals surface area (Å²) in [4.78, 5) is 5.62. The van der Waals surface area contributed by atoms with Gasteiger partial charge in [0.15, 0.2) is 0 Å². The second-order valence-electron chi connectivity index (χ2n) is 5.07. The third-order valence-electron chi connectivity index (χ3n) is 3.83.